The molecule has 27 heavy (non-hydrogen) atoms. The lowest BCUT2D eigenvalue weighted by Crippen LogP contribution is -2.00. The smallest absolute Gasteiger partial charge is 0.335 e. The Bertz CT molecular complexity index is 1070. The molecular formula is C22H15ClN2O2. The van der Waals surface area contributed by atoms with Gasteiger partial charge < -0.3 is 5.11 Å². The average molecular weight is 375 g/mol. The Kier molecular flexibility index (Phi) is 4.57. The lowest BCUT2D eigenvalue weighted by Gasteiger charge is -2.09. The summed E-state index contributed by atoms with van der Waals surface area (Å²) < 4.78 is 0. The Labute approximate surface area is 161 Å². The number of hydrogen-bond acceptors (Lipinski definition) is 3. The van der Waals surface area contributed by atoms with Gasteiger partial charge in [-0.3, -0.25) is 9.98 Å². The molecule has 3 aromatic rings. The van der Waals surface area contributed by atoms with Crippen molar-refractivity contribution in [2.24, 2.45) is 4.99 Å². The van der Waals surface area contributed by atoms with Crippen molar-refractivity contribution in [2.75, 3.05) is 0 Å². The molecule has 0 atom stereocenters. The Morgan fingerprint density at radius 2 is 1.67 bits per heavy atom. The molecule has 0 fully saturated rings. The largest absolute Gasteiger partial charge is 0.478 e. The van der Waals surface area contributed by atoms with E-state index in [2.05, 4.69) is 4.98 Å². The van der Waals surface area contributed by atoms with E-state index in [-0.39, 0.29) is 5.56 Å². The third-order valence-electron chi connectivity index (χ3n) is 4.43. The van der Waals surface area contributed by atoms with Crippen LogP contribution in [0.4, 0.5) is 0 Å². The molecule has 0 bridgehead atoms. The van der Waals surface area contributed by atoms with Crippen LogP contribution in [0.15, 0.2) is 78.0 Å². The minimum Gasteiger partial charge on any atom is -0.478 e. The summed E-state index contributed by atoms with van der Waals surface area (Å²) in [6, 6.07) is 18.6. The maximum atomic E-state index is 11.4. The number of aliphatic imine (C=N–C) groups is 1. The zero-order chi connectivity index (χ0) is 18.8. The molecule has 0 spiro atoms. The van der Waals surface area contributed by atoms with Crippen molar-refractivity contribution in [3.63, 3.8) is 0 Å². The van der Waals surface area contributed by atoms with Crippen LogP contribution in [0, 0.1) is 0 Å². The Hall–Kier alpha value is -3.24. The number of hydrogen-bond donors (Lipinski definition) is 1. The summed E-state index contributed by atoms with van der Waals surface area (Å²) in [7, 11) is 0. The number of carboxylic acids is 1. The maximum Gasteiger partial charge on any atom is 0.335 e. The van der Waals surface area contributed by atoms with Gasteiger partial charge in [0.1, 0.15) is 0 Å². The summed E-state index contributed by atoms with van der Waals surface area (Å²) in [6.07, 6.45) is 4.04. The van der Waals surface area contributed by atoms with E-state index in [0.717, 1.165) is 33.7 Å². The van der Waals surface area contributed by atoms with Gasteiger partial charge in [-0.2, -0.15) is 0 Å². The van der Waals surface area contributed by atoms with Crippen LogP contribution >= 0.6 is 11.6 Å². The number of nitrogens with zero attached hydrogens (tertiary/aromatic N) is 2. The second-order valence-corrected chi connectivity index (χ2v) is 6.63. The highest BCUT2D eigenvalue weighted by molar-refractivity contribution is 6.31. The molecule has 0 saturated carbocycles. The molecule has 5 heteroatoms. The van der Waals surface area contributed by atoms with Gasteiger partial charge in [0.2, 0.25) is 0 Å². The summed E-state index contributed by atoms with van der Waals surface area (Å²) in [4.78, 5) is 20.4. The van der Waals surface area contributed by atoms with E-state index in [1.165, 1.54) is 6.07 Å². The average Bonchev–Trinajstić information content (AvgIpc) is 3.14. The quantitative estimate of drug-likeness (QED) is 0.683. The van der Waals surface area contributed by atoms with E-state index in [1.807, 2.05) is 42.5 Å². The number of aromatic nitrogens is 1. The Balaban J connectivity index is 1.86. The summed E-state index contributed by atoms with van der Waals surface area (Å²) in [5, 5.41) is 9.77. The summed E-state index contributed by atoms with van der Waals surface area (Å²) in [5.74, 6) is -1.01. The molecule has 1 N–H and O–H groups in total. The van der Waals surface area contributed by atoms with Gasteiger partial charge >= 0.3 is 5.97 Å². The van der Waals surface area contributed by atoms with E-state index >= 15 is 0 Å². The van der Waals surface area contributed by atoms with Crippen LogP contribution in [-0.4, -0.2) is 21.8 Å². The van der Waals surface area contributed by atoms with E-state index in [0.29, 0.717) is 11.4 Å². The number of aromatic carboxylic acids is 1. The zero-order valence-electron chi connectivity index (χ0n) is 14.3. The fourth-order valence-corrected chi connectivity index (χ4v) is 3.40. The molecule has 2 aromatic carbocycles. The van der Waals surface area contributed by atoms with Gasteiger partial charge in [-0.15, -0.1) is 0 Å². The van der Waals surface area contributed by atoms with E-state index in [4.69, 9.17) is 16.6 Å². The van der Waals surface area contributed by atoms with Crippen molar-refractivity contribution in [3.05, 3.63) is 100 Å². The minimum atomic E-state index is -1.01. The number of carbonyl (C=O) groups is 1. The summed E-state index contributed by atoms with van der Waals surface area (Å²) >= 11 is 6.19. The van der Waals surface area contributed by atoms with Crippen molar-refractivity contribution >= 4 is 34.6 Å². The number of rotatable bonds is 4. The van der Waals surface area contributed by atoms with Gasteiger partial charge in [-0.25, -0.2) is 4.79 Å². The van der Waals surface area contributed by atoms with Crippen LogP contribution < -0.4 is 0 Å². The number of allylic oxidation sites excluding steroid dienone is 1. The third kappa shape index (κ3) is 3.52. The minimum absolute atomic E-state index is 0.159. The first-order valence-electron chi connectivity index (χ1n) is 8.42. The number of carboxylic acid groups (broad SMARTS) is 1. The van der Waals surface area contributed by atoms with Crippen molar-refractivity contribution in [3.8, 4) is 0 Å². The van der Waals surface area contributed by atoms with E-state index < -0.39 is 5.97 Å². The molecule has 0 amide bonds. The predicted molar refractivity (Wildman–Crippen MR) is 107 cm³/mol. The van der Waals surface area contributed by atoms with Crippen molar-refractivity contribution < 1.29 is 9.90 Å². The van der Waals surface area contributed by atoms with Gasteiger partial charge in [0.05, 0.1) is 17.0 Å². The molecular weight excluding hydrogens is 360 g/mol. The molecule has 1 aliphatic rings. The van der Waals surface area contributed by atoms with Crippen LogP contribution in [0.3, 0.4) is 0 Å². The van der Waals surface area contributed by atoms with Gasteiger partial charge in [0, 0.05) is 29.4 Å². The molecule has 0 aliphatic carbocycles. The second kappa shape index (κ2) is 7.17. The van der Waals surface area contributed by atoms with Gasteiger partial charge in [0.25, 0.3) is 0 Å². The molecule has 2 heterocycles. The summed E-state index contributed by atoms with van der Waals surface area (Å²) in [5.41, 5.74) is 5.60. The van der Waals surface area contributed by atoms with E-state index in [1.54, 1.807) is 24.5 Å². The molecule has 0 unspecified atom stereocenters. The van der Waals surface area contributed by atoms with Crippen LogP contribution in [0.1, 0.15) is 33.5 Å². The topological polar surface area (TPSA) is 62.5 Å². The lowest BCUT2D eigenvalue weighted by atomic mass is 9.95. The van der Waals surface area contributed by atoms with Gasteiger partial charge in [-0.1, -0.05) is 41.9 Å². The maximum absolute atomic E-state index is 11.4. The van der Waals surface area contributed by atoms with Crippen molar-refractivity contribution in [2.45, 2.75) is 6.42 Å². The zero-order valence-corrected chi connectivity index (χ0v) is 15.0. The Morgan fingerprint density at radius 1 is 0.926 bits per heavy atom. The highest BCUT2D eigenvalue weighted by atomic mass is 35.5. The SMILES string of the molecule is O=C(O)c1cc(Cl)cc(C2=C(c3ccncc3)N=C(c3ccccc3)C2)c1. The van der Waals surface area contributed by atoms with Crippen molar-refractivity contribution in [1.82, 2.24) is 4.98 Å². The monoisotopic (exact) mass is 374 g/mol. The fraction of sp³-hybridized carbons (Fsp3) is 0.0455. The van der Waals surface area contributed by atoms with E-state index in [9.17, 15) is 9.90 Å². The molecule has 0 saturated heterocycles. The number of halogens is 1. The molecule has 4 rings (SSSR count). The second-order valence-electron chi connectivity index (χ2n) is 6.20. The first-order valence-corrected chi connectivity index (χ1v) is 8.80. The Morgan fingerprint density at radius 3 is 2.37 bits per heavy atom. The van der Waals surface area contributed by atoms with Crippen LogP contribution in [0.2, 0.25) is 5.02 Å². The fourth-order valence-electron chi connectivity index (χ4n) is 3.16. The summed E-state index contributed by atoms with van der Waals surface area (Å²) in [6.45, 7) is 0. The van der Waals surface area contributed by atoms with Crippen LogP contribution in [0.5, 0.6) is 0 Å². The van der Waals surface area contributed by atoms with Gasteiger partial charge in [-0.05, 0) is 47.0 Å². The van der Waals surface area contributed by atoms with Crippen LogP contribution in [0.25, 0.3) is 11.3 Å². The van der Waals surface area contributed by atoms with Gasteiger partial charge in [0.15, 0.2) is 0 Å². The molecule has 0 radical (unpaired) electrons. The highest BCUT2D eigenvalue weighted by Crippen LogP contribution is 2.38. The standard InChI is InChI=1S/C22H15ClN2O2/c23-18-11-16(10-17(12-18)22(26)27)19-13-20(14-4-2-1-3-5-14)25-21(19)15-6-8-24-9-7-15/h1-12H,13H2,(H,26,27). The normalized spacial score (nSPS) is 13.6. The predicted octanol–water partition coefficient (Wildman–Crippen LogP) is 5.19. The van der Waals surface area contributed by atoms with Crippen LogP contribution in [-0.2, 0) is 0 Å². The lowest BCUT2D eigenvalue weighted by molar-refractivity contribution is 0.0697. The molecule has 1 aliphatic heterocycles. The first-order chi connectivity index (χ1) is 13.1. The molecule has 1 aromatic heterocycles. The number of benzene rings is 2. The van der Waals surface area contributed by atoms with Crippen molar-refractivity contribution in [1.29, 1.82) is 0 Å². The third-order valence-corrected chi connectivity index (χ3v) is 4.65. The first kappa shape index (κ1) is 17.2. The highest BCUT2D eigenvalue weighted by Gasteiger charge is 2.23. The number of pyridine rings is 1. The molecule has 4 nitrogen and oxygen atoms in total. The molecule has 132 valence electrons.